The maximum atomic E-state index is 8.52. The summed E-state index contributed by atoms with van der Waals surface area (Å²) in [5, 5.41) is 20.1. The summed E-state index contributed by atoms with van der Waals surface area (Å²) in [6.07, 6.45) is 5.91. The van der Waals surface area contributed by atoms with Crippen LogP contribution >= 0.6 is 0 Å². The topological polar surface area (TPSA) is 56.0 Å². The zero-order chi connectivity index (χ0) is 9.78. The van der Waals surface area contributed by atoms with E-state index in [0.29, 0.717) is 13.0 Å². The van der Waals surface area contributed by atoms with Gasteiger partial charge in [-0.3, -0.25) is 0 Å². The van der Waals surface area contributed by atoms with Gasteiger partial charge in [0.1, 0.15) is 0 Å². The van der Waals surface area contributed by atoms with Gasteiger partial charge >= 0.3 is 0 Å². The average Bonchev–Trinajstić information content (AvgIpc) is 2.16. The molecule has 0 aromatic rings. The lowest BCUT2D eigenvalue weighted by molar-refractivity contribution is 0.283. The molecule has 0 heterocycles. The molecule has 0 aliphatic rings. The van der Waals surface area contributed by atoms with Gasteiger partial charge < -0.3 is 10.4 Å². The molecule has 0 aromatic carbocycles. The van der Waals surface area contributed by atoms with Gasteiger partial charge in [0.05, 0.1) is 6.07 Å². The van der Waals surface area contributed by atoms with Crippen molar-refractivity contribution in [1.29, 1.82) is 5.26 Å². The maximum absolute atomic E-state index is 8.52. The second kappa shape index (κ2) is 11.4. The van der Waals surface area contributed by atoms with Crippen LogP contribution in [-0.4, -0.2) is 24.8 Å². The third-order valence-corrected chi connectivity index (χ3v) is 1.90. The van der Waals surface area contributed by atoms with E-state index in [1.807, 2.05) is 0 Å². The Morgan fingerprint density at radius 3 is 2.31 bits per heavy atom. The molecule has 76 valence electrons. The minimum absolute atomic E-state index is 0.308. The first-order valence-corrected chi connectivity index (χ1v) is 5.10. The van der Waals surface area contributed by atoms with Crippen LogP contribution in [0.3, 0.4) is 0 Å². The smallest absolute Gasteiger partial charge is 0.0621 e. The fourth-order valence-corrected chi connectivity index (χ4v) is 1.12. The lowest BCUT2D eigenvalue weighted by atomic mass is 10.2. The predicted molar refractivity (Wildman–Crippen MR) is 53.3 cm³/mol. The van der Waals surface area contributed by atoms with Gasteiger partial charge in [-0.2, -0.15) is 5.26 Å². The quantitative estimate of drug-likeness (QED) is 0.533. The van der Waals surface area contributed by atoms with Crippen LogP contribution < -0.4 is 5.32 Å². The number of unbranched alkanes of at least 4 members (excludes halogenated alkanes) is 4. The van der Waals surface area contributed by atoms with E-state index in [1.54, 1.807) is 0 Å². The Labute approximate surface area is 80.8 Å². The van der Waals surface area contributed by atoms with E-state index in [4.69, 9.17) is 10.4 Å². The van der Waals surface area contributed by atoms with E-state index in [1.165, 1.54) is 0 Å². The highest BCUT2D eigenvalue weighted by atomic mass is 16.2. The first kappa shape index (κ1) is 12.4. The third-order valence-electron chi connectivity index (χ3n) is 1.90. The first-order valence-electron chi connectivity index (χ1n) is 5.10. The second-order valence-corrected chi connectivity index (χ2v) is 3.15. The molecular formula is C10H20N2O. The Balaban J connectivity index is 2.80. The van der Waals surface area contributed by atoms with Crippen LogP contribution in [-0.2, 0) is 0 Å². The van der Waals surface area contributed by atoms with Crippen molar-refractivity contribution in [2.45, 2.75) is 38.5 Å². The van der Waals surface area contributed by atoms with Crippen molar-refractivity contribution >= 4 is 0 Å². The summed E-state index contributed by atoms with van der Waals surface area (Å²) in [6, 6.07) is 2.13. The number of rotatable bonds is 9. The molecule has 0 amide bonds. The van der Waals surface area contributed by atoms with E-state index in [2.05, 4.69) is 11.4 Å². The summed E-state index contributed by atoms with van der Waals surface area (Å²) in [5.74, 6) is 0. The number of nitriles is 1. The molecule has 0 aliphatic carbocycles. The van der Waals surface area contributed by atoms with Crippen LogP contribution in [0.1, 0.15) is 38.5 Å². The normalized spacial score (nSPS) is 9.85. The zero-order valence-corrected chi connectivity index (χ0v) is 8.26. The summed E-state index contributed by atoms with van der Waals surface area (Å²) in [6.45, 7) is 2.36. The van der Waals surface area contributed by atoms with E-state index in [-0.39, 0.29) is 0 Å². The van der Waals surface area contributed by atoms with E-state index < -0.39 is 0 Å². The van der Waals surface area contributed by atoms with Crippen LogP contribution in [0.2, 0.25) is 0 Å². The number of aliphatic hydroxyl groups excluding tert-OH is 1. The van der Waals surface area contributed by atoms with Crippen LogP contribution in [0.15, 0.2) is 0 Å². The largest absolute Gasteiger partial charge is 0.396 e. The molecule has 3 heteroatoms. The SMILES string of the molecule is N#CCCCCNCCCCCO. The first-order chi connectivity index (χ1) is 6.41. The standard InChI is InChI=1S/C10H20N2O/c11-7-3-1-4-8-12-9-5-2-6-10-13/h12-13H,1-6,8-10H2. The molecule has 0 aromatic heterocycles. The van der Waals surface area contributed by atoms with E-state index in [0.717, 1.165) is 45.2 Å². The molecule has 0 saturated carbocycles. The van der Waals surface area contributed by atoms with Crippen molar-refractivity contribution in [2.24, 2.45) is 0 Å². The van der Waals surface area contributed by atoms with Crippen LogP contribution in [0.5, 0.6) is 0 Å². The minimum atomic E-state index is 0.308. The lowest BCUT2D eigenvalue weighted by Crippen LogP contribution is -2.16. The average molecular weight is 184 g/mol. The number of hydrogen-bond donors (Lipinski definition) is 2. The molecule has 0 spiro atoms. The molecule has 0 radical (unpaired) electrons. The van der Waals surface area contributed by atoms with Gasteiger partial charge in [0.25, 0.3) is 0 Å². The summed E-state index contributed by atoms with van der Waals surface area (Å²) >= 11 is 0. The number of nitrogens with one attached hydrogen (secondary N) is 1. The molecule has 0 bridgehead atoms. The molecule has 3 nitrogen and oxygen atoms in total. The highest BCUT2D eigenvalue weighted by Crippen LogP contribution is 1.94. The lowest BCUT2D eigenvalue weighted by Gasteiger charge is -2.02. The van der Waals surface area contributed by atoms with Gasteiger partial charge in [0.2, 0.25) is 0 Å². The summed E-state index contributed by atoms with van der Waals surface area (Å²) in [7, 11) is 0. The Kier molecular flexibility index (Phi) is 10.9. The van der Waals surface area contributed by atoms with Gasteiger partial charge in [0, 0.05) is 13.0 Å². The molecule has 2 N–H and O–H groups in total. The number of nitrogens with zero attached hydrogens (tertiary/aromatic N) is 1. The molecule has 0 atom stereocenters. The van der Waals surface area contributed by atoms with Crippen molar-refractivity contribution in [2.75, 3.05) is 19.7 Å². The fourth-order valence-electron chi connectivity index (χ4n) is 1.12. The van der Waals surface area contributed by atoms with Crippen LogP contribution in [0.25, 0.3) is 0 Å². The molecular weight excluding hydrogens is 164 g/mol. The highest BCUT2D eigenvalue weighted by molar-refractivity contribution is 4.68. The summed E-state index contributed by atoms with van der Waals surface area (Å²) < 4.78 is 0. The summed E-state index contributed by atoms with van der Waals surface area (Å²) in [4.78, 5) is 0. The zero-order valence-electron chi connectivity index (χ0n) is 8.26. The van der Waals surface area contributed by atoms with Crippen LogP contribution in [0, 0.1) is 11.3 Å². The molecule has 0 rings (SSSR count). The van der Waals surface area contributed by atoms with Gasteiger partial charge in [-0.1, -0.05) is 0 Å². The fraction of sp³-hybridized carbons (Fsp3) is 0.900. The van der Waals surface area contributed by atoms with Crippen molar-refractivity contribution in [3.05, 3.63) is 0 Å². The predicted octanol–water partition coefficient (Wildman–Crippen LogP) is 1.43. The van der Waals surface area contributed by atoms with Crippen molar-refractivity contribution in [1.82, 2.24) is 5.32 Å². The van der Waals surface area contributed by atoms with Gasteiger partial charge in [-0.15, -0.1) is 0 Å². The Morgan fingerprint density at radius 1 is 1.00 bits per heavy atom. The Bertz CT molecular complexity index is 131. The Hall–Kier alpha value is -0.590. The number of hydrogen-bond acceptors (Lipinski definition) is 3. The molecule has 0 aliphatic heterocycles. The summed E-state index contributed by atoms with van der Waals surface area (Å²) in [5.41, 5.74) is 0. The van der Waals surface area contributed by atoms with Gasteiger partial charge in [0.15, 0.2) is 0 Å². The van der Waals surface area contributed by atoms with Gasteiger partial charge in [-0.05, 0) is 45.2 Å². The van der Waals surface area contributed by atoms with Crippen molar-refractivity contribution in [3.8, 4) is 6.07 Å². The number of aliphatic hydroxyl groups is 1. The maximum Gasteiger partial charge on any atom is 0.0621 e. The van der Waals surface area contributed by atoms with E-state index in [9.17, 15) is 0 Å². The van der Waals surface area contributed by atoms with Crippen molar-refractivity contribution < 1.29 is 5.11 Å². The van der Waals surface area contributed by atoms with Crippen molar-refractivity contribution in [3.63, 3.8) is 0 Å². The third kappa shape index (κ3) is 11.4. The molecule has 13 heavy (non-hydrogen) atoms. The molecule has 0 fully saturated rings. The monoisotopic (exact) mass is 184 g/mol. The molecule has 0 saturated heterocycles. The second-order valence-electron chi connectivity index (χ2n) is 3.15. The van der Waals surface area contributed by atoms with Crippen LogP contribution in [0.4, 0.5) is 0 Å². The van der Waals surface area contributed by atoms with E-state index >= 15 is 0 Å². The minimum Gasteiger partial charge on any atom is -0.396 e. The van der Waals surface area contributed by atoms with Gasteiger partial charge in [-0.25, -0.2) is 0 Å². The molecule has 0 unspecified atom stereocenters. The Morgan fingerprint density at radius 2 is 1.69 bits per heavy atom. The highest BCUT2D eigenvalue weighted by Gasteiger charge is 1.89.